The summed E-state index contributed by atoms with van der Waals surface area (Å²) in [6, 6.07) is 13.4. The first-order chi connectivity index (χ1) is 18.2. The molecule has 2 aromatic carbocycles. The second-order valence-corrected chi connectivity index (χ2v) is 9.21. The summed E-state index contributed by atoms with van der Waals surface area (Å²) in [5.41, 5.74) is 13.3. The number of hydrogen-bond acceptors (Lipinski definition) is 7. The van der Waals surface area contributed by atoms with Gasteiger partial charge in [0.2, 0.25) is 0 Å². The molecule has 0 spiro atoms. The summed E-state index contributed by atoms with van der Waals surface area (Å²) >= 11 is 6.10. The van der Waals surface area contributed by atoms with Crippen molar-refractivity contribution in [3.63, 3.8) is 0 Å². The Morgan fingerprint density at radius 2 is 1.95 bits per heavy atom. The van der Waals surface area contributed by atoms with E-state index in [9.17, 15) is 18.7 Å². The van der Waals surface area contributed by atoms with E-state index in [2.05, 4.69) is 15.1 Å². The summed E-state index contributed by atoms with van der Waals surface area (Å²) in [7, 11) is 1.37. The van der Waals surface area contributed by atoms with E-state index in [1.54, 1.807) is 24.3 Å². The number of hydrogen-bond donors (Lipinski definition) is 1. The molecule has 2 aliphatic heterocycles. The monoisotopic (exact) mass is 550 g/mol. The molecule has 5 rings (SSSR count). The largest absolute Gasteiger partial charge is 0.418 e. The Morgan fingerprint density at radius 3 is 2.63 bits per heavy atom. The van der Waals surface area contributed by atoms with E-state index in [1.807, 2.05) is 6.07 Å². The second-order valence-electron chi connectivity index (χ2n) is 8.77. The molecule has 0 saturated carbocycles. The zero-order valence-electron chi connectivity index (χ0n) is 19.9. The minimum Gasteiger partial charge on any atom is -0.382 e. The number of halogens is 4. The maximum atomic E-state index is 14.1. The zero-order valence-corrected chi connectivity index (χ0v) is 20.6. The summed E-state index contributed by atoms with van der Waals surface area (Å²) in [6.45, 7) is -0.0237. The first-order valence-electron chi connectivity index (χ1n) is 11.4. The van der Waals surface area contributed by atoms with E-state index < -0.39 is 47.6 Å². The van der Waals surface area contributed by atoms with Gasteiger partial charge in [0.1, 0.15) is 29.7 Å². The van der Waals surface area contributed by atoms with Crippen molar-refractivity contribution in [1.82, 2.24) is 9.78 Å². The standard InChI is InChI=1S/C24H22ClF3N6O4/c1-35-19-12-36-17-11-37-22(13-5-3-2-4-6-13)38-21(17)23(19,32-33-30)18-10-20(29)31-34(18)16-9-14(25)7-8-15(16)24(26,27)28/h2-10,17,19,21-22H,11-12H2,1H3,(H2,29,31)/t17-,19+,21+,22?,23?/m1/s1. The third kappa shape index (κ3) is 4.47. The molecule has 3 heterocycles. The van der Waals surface area contributed by atoms with E-state index >= 15 is 0 Å². The summed E-state index contributed by atoms with van der Waals surface area (Å²) < 4.78 is 67.0. The van der Waals surface area contributed by atoms with E-state index in [0.717, 1.165) is 22.9 Å². The molecule has 38 heavy (non-hydrogen) atoms. The Morgan fingerprint density at radius 1 is 1.18 bits per heavy atom. The molecule has 14 heteroatoms. The second kappa shape index (κ2) is 10.1. The number of fused-ring (bicyclic) bond motifs is 1. The van der Waals surface area contributed by atoms with Gasteiger partial charge in [-0.15, -0.1) is 0 Å². The van der Waals surface area contributed by atoms with Crippen LogP contribution in [0.4, 0.5) is 19.0 Å². The van der Waals surface area contributed by atoms with Crippen molar-refractivity contribution in [2.75, 3.05) is 26.1 Å². The van der Waals surface area contributed by atoms with Crippen molar-refractivity contribution in [2.24, 2.45) is 5.11 Å². The number of anilines is 1. The van der Waals surface area contributed by atoms with Crippen molar-refractivity contribution < 1.29 is 32.1 Å². The van der Waals surface area contributed by atoms with Gasteiger partial charge in [0.25, 0.3) is 0 Å². The van der Waals surface area contributed by atoms with E-state index in [4.69, 9.17) is 36.3 Å². The predicted octanol–water partition coefficient (Wildman–Crippen LogP) is 5.16. The number of nitrogen functional groups attached to an aromatic ring is 1. The van der Waals surface area contributed by atoms with Gasteiger partial charge in [0, 0.05) is 28.7 Å². The van der Waals surface area contributed by atoms with Gasteiger partial charge in [0.05, 0.1) is 30.2 Å². The molecule has 0 radical (unpaired) electrons. The van der Waals surface area contributed by atoms with Gasteiger partial charge < -0.3 is 24.7 Å². The lowest BCUT2D eigenvalue weighted by molar-refractivity contribution is -0.313. The average molecular weight is 551 g/mol. The topological polar surface area (TPSA) is 130 Å². The van der Waals surface area contributed by atoms with Crippen molar-refractivity contribution in [2.45, 2.75) is 36.3 Å². The third-order valence-electron chi connectivity index (χ3n) is 6.60. The Balaban J connectivity index is 1.73. The maximum absolute atomic E-state index is 14.1. The van der Waals surface area contributed by atoms with Crippen LogP contribution in [0.5, 0.6) is 0 Å². The molecule has 2 N–H and O–H groups in total. The van der Waals surface area contributed by atoms with E-state index in [0.29, 0.717) is 5.56 Å². The molecule has 5 atom stereocenters. The highest BCUT2D eigenvalue weighted by Crippen LogP contribution is 2.48. The maximum Gasteiger partial charge on any atom is 0.418 e. The van der Waals surface area contributed by atoms with Crippen molar-refractivity contribution in [1.29, 1.82) is 0 Å². The minimum absolute atomic E-state index is 0.0134. The van der Waals surface area contributed by atoms with Gasteiger partial charge in [-0.05, 0) is 23.7 Å². The van der Waals surface area contributed by atoms with Gasteiger partial charge in [-0.3, -0.25) is 0 Å². The lowest BCUT2D eigenvalue weighted by Gasteiger charge is -2.51. The number of nitrogens with two attached hydrogens (primary N) is 1. The van der Waals surface area contributed by atoms with Crippen LogP contribution < -0.4 is 5.73 Å². The highest BCUT2D eigenvalue weighted by Gasteiger charge is 2.59. The molecule has 2 unspecified atom stereocenters. The molecule has 0 amide bonds. The highest BCUT2D eigenvalue weighted by molar-refractivity contribution is 6.30. The van der Waals surface area contributed by atoms with Crippen molar-refractivity contribution in [3.8, 4) is 5.69 Å². The SMILES string of the molecule is CO[C@H]1CO[C@@H]2COC(c3ccccc3)O[C@@H]2C1(N=[N+]=[N-])c1cc(N)nn1-c1cc(Cl)ccc1C(F)(F)F. The molecule has 3 aromatic rings. The Bertz CT molecular complexity index is 1370. The van der Waals surface area contributed by atoms with Crippen LogP contribution in [0.3, 0.4) is 0 Å². The fourth-order valence-electron chi connectivity index (χ4n) is 4.95. The molecule has 2 aliphatic rings. The van der Waals surface area contributed by atoms with Crippen LogP contribution in [-0.4, -0.2) is 48.4 Å². The number of methoxy groups -OCH3 is 1. The molecule has 0 aliphatic carbocycles. The molecule has 2 fully saturated rings. The number of nitrogens with zero attached hydrogens (tertiary/aromatic N) is 5. The molecule has 200 valence electrons. The first kappa shape index (κ1) is 26.3. The molecule has 2 saturated heterocycles. The van der Waals surface area contributed by atoms with Crippen LogP contribution in [0.15, 0.2) is 59.7 Å². The smallest absolute Gasteiger partial charge is 0.382 e. The average Bonchev–Trinajstić information content (AvgIpc) is 3.30. The van der Waals surface area contributed by atoms with Crippen LogP contribution in [0.1, 0.15) is 23.1 Å². The highest BCUT2D eigenvalue weighted by atomic mass is 35.5. The van der Waals surface area contributed by atoms with E-state index in [-0.39, 0.29) is 29.7 Å². The van der Waals surface area contributed by atoms with Gasteiger partial charge in [-0.1, -0.05) is 47.0 Å². The Hall–Kier alpha value is -3.32. The van der Waals surface area contributed by atoms with Gasteiger partial charge >= 0.3 is 6.18 Å². The van der Waals surface area contributed by atoms with Crippen LogP contribution >= 0.6 is 11.6 Å². The summed E-state index contributed by atoms with van der Waals surface area (Å²) in [5.74, 6) is -0.120. The number of ether oxygens (including phenoxy) is 4. The molecule has 10 nitrogen and oxygen atoms in total. The van der Waals surface area contributed by atoms with E-state index in [1.165, 1.54) is 13.2 Å². The molecule has 0 bridgehead atoms. The third-order valence-corrected chi connectivity index (χ3v) is 6.84. The number of azide groups is 1. The quantitative estimate of drug-likeness (QED) is 0.265. The van der Waals surface area contributed by atoms with Gasteiger partial charge in [-0.25, -0.2) is 4.68 Å². The first-order valence-corrected chi connectivity index (χ1v) is 11.8. The van der Waals surface area contributed by atoms with Crippen LogP contribution in [-0.2, 0) is 30.7 Å². The lowest BCUT2D eigenvalue weighted by atomic mass is 9.78. The number of benzene rings is 2. The summed E-state index contributed by atoms with van der Waals surface area (Å²) in [4.78, 5) is 3.07. The zero-order chi connectivity index (χ0) is 27.1. The Kier molecular flexibility index (Phi) is 6.99. The van der Waals surface area contributed by atoms with Crippen molar-refractivity contribution >= 4 is 17.4 Å². The molecular formula is C24H22ClF3N6O4. The van der Waals surface area contributed by atoms with Gasteiger partial charge in [0.15, 0.2) is 6.29 Å². The molecular weight excluding hydrogens is 529 g/mol. The number of alkyl halides is 3. The van der Waals surface area contributed by atoms with Crippen LogP contribution in [0, 0.1) is 0 Å². The van der Waals surface area contributed by atoms with Crippen LogP contribution in [0.2, 0.25) is 5.02 Å². The number of aromatic nitrogens is 2. The minimum atomic E-state index is -4.75. The normalized spacial score (nSPS) is 27.4. The van der Waals surface area contributed by atoms with Gasteiger partial charge in [-0.2, -0.15) is 18.3 Å². The fourth-order valence-corrected chi connectivity index (χ4v) is 5.12. The van der Waals surface area contributed by atoms with Crippen molar-refractivity contribution in [3.05, 3.63) is 86.9 Å². The Labute approximate surface area is 219 Å². The predicted molar refractivity (Wildman–Crippen MR) is 129 cm³/mol. The number of rotatable bonds is 5. The van der Waals surface area contributed by atoms with Crippen LogP contribution in [0.25, 0.3) is 16.1 Å². The molecule has 1 aromatic heterocycles. The fraction of sp³-hybridized carbons (Fsp3) is 0.375. The lowest BCUT2D eigenvalue weighted by Crippen LogP contribution is -2.64. The summed E-state index contributed by atoms with van der Waals surface area (Å²) in [6.07, 6.45) is -8.43. The summed E-state index contributed by atoms with van der Waals surface area (Å²) in [5, 5.41) is 8.31.